The molecular formula is C17H26N4O4S. The zero-order valence-corrected chi connectivity index (χ0v) is 16.1. The summed E-state index contributed by atoms with van der Waals surface area (Å²) in [6.45, 7) is 3.97. The fourth-order valence-corrected chi connectivity index (χ4v) is 4.42. The fraction of sp³-hybridized carbons (Fsp3) is 0.706. The highest BCUT2D eigenvalue weighted by molar-refractivity contribution is 7.88. The fourth-order valence-electron chi connectivity index (χ4n) is 3.55. The summed E-state index contributed by atoms with van der Waals surface area (Å²) in [5, 5.41) is 8.02. The van der Waals surface area contributed by atoms with Crippen LogP contribution in [-0.4, -0.2) is 72.3 Å². The number of likely N-dealkylation sites (tertiary alicyclic amines) is 1. The molecule has 2 aliphatic rings. The number of hydrogen-bond donors (Lipinski definition) is 0. The standard InChI is InChI=1S/C17H26N4O4S/c1-13-5-6-16(19-18-13)25-15-4-3-9-20(12-15)17(22)14-7-10-21(11-8-14)26(2,23)24/h5-6,14-15H,3-4,7-12H2,1-2H3/t15-/m1/s1. The van der Waals surface area contributed by atoms with Crippen molar-refractivity contribution in [2.24, 2.45) is 5.92 Å². The zero-order chi connectivity index (χ0) is 18.7. The van der Waals surface area contributed by atoms with E-state index in [4.69, 9.17) is 4.74 Å². The molecular weight excluding hydrogens is 356 g/mol. The molecule has 2 saturated heterocycles. The van der Waals surface area contributed by atoms with Crippen LogP contribution in [0, 0.1) is 12.8 Å². The highest BCUT2D eigenvalue weighted by Crippen LogP contribution is 2.24. The van der Waals surface area contributed by atoms with E-state index < -0.39 is 10.0 Å². The molecule has 1 aromatic rings. The number of aromatic nitrogens is 2. The Kier molecular flexibility index (Phi) is 5.76. The zero-order valence-electron chi connectivity index (χ0n) is 15.3. The highest BCUT2D eigenvalue weighted by atomic mass is 32.2. The molecule has 2 fully saturated rings. The van der Waals surface area contributed by atoms with E-state index in [0.29, 0.717) is 38.4 Å². The molecule has 1 aromatic heterocycles. The molecule has 1 amide bonds. The van der Waals surface area contributed by atoms with Crippen molar-refractivity contribution in [3.63, 3.8) is 0 Å². The van der Waals surface area contributed by atoms with Gasteiger partial charge in [-0.2, -0.15) is 5.10 Å². The van der Waals surface area contributed by atoms with Crippen molar-refractivity contribution in [2.75, 3.05) is 32.4 Å². The summed E-state index contributed by atoms with van der Waals surface area (Å²) in [5.41, 5.74) is 0.832. The average Bonchev–Trinajstić information content (AvgIpc) is 2.63. The molecule has 0 saturated carbocycles. The summed E-state index contributed by atoms with van der Waals surface area (Å²) < 4.78 is 30.5. The van der Waals surface area contributed by atoms with Crippen molar-refractivity contribution < 1.29 is 17.9 Å². The molecule has 0 spiro atoms. The molecule has 0 aliphatic carbocycles. The lowest BCUT2D eigenvalue weighted by atomic mass is 9.95. The summed E-state index contributed by atoms with van der Waals surface area (Å²) in [7, 11) is -3.17. The van der Waals surface area contributed by atoms with Gasteiger partial charge < -0.3 is 9.64 Å². The number of ether oxygens (including phenoxy) is 1. The van der Waals surface area contributed by atoms with Crippen molar-refractivity contribution in [3.8, 4) is 5.88 Å². The van der Waals surface area contributed by atoms with Gasteiger partial charge in [0.2, 0.25) is 21.8 Å². The minimum atomic E-state index is -3.17. The van der Waals surface area contributed by atoms with Crippen molar-refractivity contribution >= 4 is 15.9 Å². The minimum Gasteiger partial charge on any atom is -0.471 e. The van der Waals surface area contributed by atoms with E-state index in [0.717, 1.165) is 25.1 Å². The van der Waals surface area contributed by atoms with Crippen LogP contribution >= 0.6 is 0 Å². The molecule has 0 N–H and O–H groups in total. The smallest absolute Gasteiger partial charge is 0.233 e. The molecule has 0 radical (unpaired) electrons. The third kappa shape index (κ3) is 4.70. The largest absolute Gasteiger partial charge is 0.471 e. The maximum Gasteiger partial charge on any atom is 0.233 e. The summed E-state index contributed by atoms with van der Waals surface area (Å²) in [4.78, 5) is 14.7. The second kappa shape index (κ2) is 7.87. The summed E-state index contributed by atoms with van der Waals surface area (Å²) >= 11 is 0. The van der Waals surface area contributed by atoms with E-state index in [-0.39, 0.29) is 17.9 Å². The minimum absolute atomic E-state index is 0.0826. The number of piperidine rings is 2. The lowest BCUT2D eigenvalue weighted by molar-refractivity contribution is -0.139. The van der Waals surface area contributed by atoms with Crippen LogP contribution in [0.1, 0.15) is 31.4 Å². The monoisotopic (exact) mass is 382 g/mol. The Morgan fingerprint density at radius 3 is 2.50 bits per heavy atom. The summed E-state index contributed by atoms with van der Waals surface area (Å²) in [5.74, 6) is 0.490. The van der Waals surface area contributed by atoms with Crippen LogP contribution in [0.3, 0.4) is 0 Å². The number of amides is 1. The topological polar surface area (TPSA) is 92.7 Å². The molecule has 8 nitrogen and oxygen atoms in total. The van der Waals surface area contributed by atoms with Gasteiger partial charge in [0.1, 0.15) is 6.10 Å². The Bertz CT molecular complexity index is 730. The van der Waals surface area contributed by atoms with E-state index in [1.165, 1.54) is 10.6 Å². The van der Waals surface area contributed by atoms with Crippen LogP contribution in [0.4, 0.5) is 0 Å². The number of carbonyl (C=O) groups excluding carboxylic acids is 1. The summed E-state index contributed by atoms with van der Waals surface area (Å²) in [6.07, 6.45) is 4.06. The van der Waals surface area contributed by atoms with Gasteiger partial charge in [-0.25, -0.2) is 12.7 Å². The van der Waals surface area contributed by atoms with Crippen LogP contribution in [-0.2, 0) is 14.8 Å². The first-order chi connectivity index (χ1) is 12.3. The second-order valence-corrected chi connectivity index (χ2v) is 9.10. The van der Waals surface area contributed by atoms with Crippen molar-refractivity contribution in [1.29, 1.82) is 0 Å². The predicted molar refractivity (Wildman–Crippen MR) is 96.1 cm³/mol. The number of rotatable bonds is 4. The van der Waals surface area contributed by atoms with E-state index in [1.807, 2.05) is 17.9 Å². The second-order valence-electron chi connectivity index (χ2n) is 7.12. The highest BCUT2D eigenvalue weighted by Gasteiger charge is 2.33. The van der Waals surface area contributed by atoms with Crippen molar-refractivity contribution in [1.82, 2.24) is 19.4 Å². The van der Waals surface area contributed by atoms with E-state index in [9.17, 15) is 13.2 Å². The Morgan fingerprint density at radius 2 is 1.88 bits per heavy atom. The van der Waals surface area contributed by atoms with E-state index in [1.54, 1.807) is 6.07 Å². The lowest BCUT2D eigenvalue weighted by Crippen LogP contribution is -2.49. The Labute approximate surface area is 154 Å². The molecule has 3 rings (SSSR count). The Morgan fingerprint density at radius 1 is 1.15 bits per heavy atom. The number of aryl methyl sites for hydroxylation is 1. The maximum atomic E-state index is 12.8. The van der Waals surface area contributed by atoms with Gasteiger partial charge in [0.05, 0.1) is 18.5 Å². The molecule has 144 valence electrons. The molecule has 1 atom stereocenters. The van der Waals surface area contributed by atoms with Gasteiger partial charge in [0, 0.05) is 31.6 Å². The quantitative estimate of drug-likeness (QED) is 0.766. The Hall–Kier alpha value is -1.74. The number of carbonyl (C=O) groups is 1. The predicted octanol–water partition coefficient (Wildman–Crippen LogP) is 0.826. The summed E-state index contributed by atoms with van der Waals surface area (Å²) in [6, 6.07) is 3.65. The normalized spacial score (nSPS) is 23.0. The molecule has 0 aromatic carbocycles. The molecule has 26 heavy (non-hydrogen) atoms. The van der Waals surface area contributed by atoms with Gasteiger partial charge in [0.15, 0.2) is 0 Å². The van der Waals surface area contributed by atoms with Crippen LogP contribution in [0.15, 0.2) is 12.1 Å². The first kappa shape index (κ1) is 19.0. The van der Waals surface area contributed by atoms with Crippen LogP contribution < -0.4 is 4.74 Å². The van der Waals surface area contributed by atoms with Gasteiger partial charge in [0.25, 0.3) is 0 Å². The molecule has 2 aliphatic heterocycles. The van der Waals surface area contributed by atoms with Gasteiger partial charge >= 0.3 is 0 Å². The van der Waals surface area contributed by atoms with Crippen molar-refractivity contribution in [3.05, 3.63) is 17.8 Å². The van der Waals surface area contributed by atoms with Gasteiger partial charge in [-0.1, -0.05) is 0 Å². The van der Waals surface area contributed by atoms with Crippen LogP contribution in [0.5, 0.6) is 5.88 Å². The van der Waals surface area contributed by atoms with Crippen LogP contribution in [0.2, 0.25) is 0 Å². The third-order valence-electron chi connectivity index (χ3n) is 5.02. The van der Waals surface area contributed by atoms with Crippen LogP contribution in [0.25, 0.3) is 0 Å². The third-order valence-corrected chi connectivity index (χ3v) is 6.33. The molecule has 0 bridgehead atoms. The SMILES string of the molecule is Cc1ccc(O[C@@H]2CCCN(C(=O)C3CCN(S(C)(=O)=O)CC3)C2)nn1. The Balaban J connectivity index is 1.54. The molecule has 9 heteroatoms. The lowest BCUT2D eigenvalue weighted by Gasteiger charge is -2.37. The van der Waals surface area contributed by atoms with E-state index in [2.05, 4.69) is 10.2 Å². The van der Waals surface area contributed by atoms with Gasteiger partial charge in [-0.05, 0) is 38.7 Å². The first-order valence-corrected chi connectivity index (χ1v) is 10.9. The first-order valence-electron chi connectivity index (χ1n) is 9.04. The number of hydrogen-bond acceptors (Lipinski definition) is 6. The number of nitrogens with zero attached hydrogens (tertiary/aromatic N) is 4. The maximum absolute atomic E-state index is 12.8. The van der Waals surface area contributed by atoms with Gasteiger partial charge in [-0.15, -0.1) is 5.10 Å². The number of sulfonamides is 1. The molecule has 3 heterocycles. The van der Waals surface area contributed by atoms with Crippen molar-refractivity contribution in [2.45, 2.75) is 38.7 Å². The van der Waals surface area contributed by atoms with E-state index >= 15 is 0 Å². The molecule has 0 unspecified atom stereocenters. The van der Waals surface area contributed by atoms with Gasteiger partial charge in [-0.3, -0.25) is 4.79 Å². The average molecular weight is 382 g/mol.